The molecule has 0 amide bonds. The maximum Gasteiger partial charge on any atom is 0.0652 e. The summed E-state index contributed by atoms with van der Waals surface area (Å²) in [4.78, 5) is 0. The van der Waals surface area contributed by atoms with Crippen molar-refractivity contribution in [2.45, 2.75) is 0 Å². The van der Waals surface area contributed by atoms with Crippen LogP contribution in [0.1, 0.15) is 17.8 Å². The predicted molar refractivity (Wildman–Crippen MR) is 211 cm³/mol. The molecular formula is C48H32N2. The summed E-state index contributed by atoms with van der Waals surface area (Å²) in [6, 6.07) is 29.2. The molecule has 234 valence electrons. The standard InChI is InChI=1S/C48H32N2/c1-3-12-33(13-4-1)35-22-26-39(27-23-35)49-46-21-10-8-19-42(46)44-31-37(25-29-47(44)49)38-24-28-43-41-18-7-9-20-45(41)50(48(43)32-38)40-17-11-16-36(30-40)34-14-5-2-6-15-34/h1-32H/i7D,8D,9D,10D,18D,19D,20D,21D,24D,25D,29D,31D,32D. The van der Waals surface area contributed by atoms with E-state index in [0.717, 1.165) is 22.3 Å². The van der Waals surface area contributed by atoms with Gasteiger partial charge in [0, 0.05) is 32.9 Å². The first-order chi connectivity index (χ1) is 30.2. The average Bonchev–Trinajstić information content (AvgIpc) is 3.85. The summed E-state index contributed by atoms with van der Waals surface area (Å²) >= 11 is 0. The lowest BCUT2D eigenvalue weighted by Gasteiger charge is -2.12. The summed E-state index contributed by atoms with van der Waals surface area (Å²) in [5, 5.41) is 0.142. The first-order valence-electron chi connectivity index (χ1n) is 22.6. The van der Waals surface area contributed by atoms with E-state index in [1.165, 1.54) is 10.6 Å². The molecule has 0 atom stereocenters. The molecule has 50 heavy (non-hydrogen) atoms. The van der Waals surface area contributed by atoms with Crippen LogP contribution in [0.5, 0.6) is 0 Å². The Morgan fingerprint density at radius 2 is 0.880 bits per heavy atom. The van der Waals surface area contributed by atoms with Crippen molar-refractivity contribution in [3.05, 3.63) is 194 Å². The maximum absolute atomic E-state index is 9.90. The van der Waals surface area contributed by atoms with Crippen molar-refractivity contribution >= 4 is 43.6 Å². The molecule has 2 heterocycles. The fourth-order valence-electron chi connectivity index (χ4n) is 6.76. The van der Waals surface area contributed by atoms with Gasteiger partial charge >= 0.3 is 0 Å². The van der Waals surface area contributed by atoms with Crippen LogP contribution in [0.2, 0.25) is 0 Å². The van der Waals surface area contributed by atoms with Crippen molar-refractivity contribution in [2.75, 3.05) is 0 Å². The van der Waals surface area contributed by atoms with Gasteiger partial charge in [0.05, 0.1) is 39.9 Å². The fourth-order valence-corrected chi connectivity index (χ4v) is 6.76. The molecule has 2 heteroatoms. The largest absolute Gasteiger partial charge is 0.309 e. The van der Waals surface area contributed by atoms with Crippen LogP contribution in [-0.2, 0) is 0 Å². The van der Waals surface area contributed by atoms with Crippen LogP contribution >= 0.6 is 0 Å². The molecule has 0 radical (unpaired) electrons. The Labute approximate surface area is 309 Å². The van der Waals surface area contributed by atoms with Crippen LogP contribution in [0.25, 0.3) is 88.4 Å². The minimum atomic E-state index is -0.556. The zero-order valence-electron chi connectivity index (χ0n) is 39.4. The Kier molecular flexibility index (Phi) is 4.19. The van der Waals surface area contributed by atoms with Crippen molar-refractivity contribution < 1.29 is 17.8 Å². The average molecular weight is 650 g/mol. The van der Waals surface area contributed by atoms with E-state index in [1.807, 2.05) is 84.9 Å². The van der Waals surface area contributed by atoms with Crippen molar-refractivity contribution in [3.63, 3.8) is 0 Å². The minimum absolute atomic E-state index is 0.00331. The van der Waals surface area contributed by atoms with Gasteiger partial charge in [-0.2, -0.15) is 0 Å². The van der Waals surface area contributed by atoms with Crippen LogP contribution in [0.3, 0.4) is 0 Å². The second-order valence-corrected chi connectivity index (χ2v) is 12.0. The summed E-state index contributed by atoms with van der Waals surface area (Å²) in [5.74, 6) is 0. The molecule has 0 saturated carbocycles. The van der Waals surface area contributed by atoms with E-state index in [9.17, 15) is 6.85 Å². The zero-order chi connectivity index (χ0) is 44.3. The van der Waals surface area contributed by atoms with Gasteiger partial charge in [-0.1, -0.05) is 139 Å². The van der Waals surface area contributed by atoms with Gasteiger partial charge in [-0.3, -0.25) is 0 Å². The molecular weight excluding hydrogens is 605 g/mol. The number of hydrogen-bond donors (Lipinski definition) is 0. The third-order valence-electron chi connectivity index (χ3n) is 9.10. The number of fused-ring (bicyclic) bond motifs is 6. The monoisotopic (exact) mass is 649 g/mol. The van der Waals surface area contributed by atoms with Crippen molar-refractivity contribution in [1.82, 2.24) is 9.13 Å². The molecule has 0 saturated heterocycles. The normalized spacial score (nSPS) is 15.2. The lowest BCUT2D eigenvalue weighted by molar-refractivity contribution is 1.18. The van der Waals surface area contributed by atoms with Crippen LogP contribution < -0.4 is 0 Å². The Morgan fingerprint density at radius 1 is 0.320 bits per heavy atom. The maximum atomic E-state index is 9.90. The number of benzene rings is 8. The molecule has 0 bridgehead atoms. The highest BCUT2D eigenvalue weighted by Gasteiger charge is 2.16. The van der Waals surface area contributed by atoms with Gasteiger partial charge in [0.25, 0.3) is 0 Å². The molecule has 8 aromatic carbocycles. The first kappa shape index (κ1) is 18.2. The number of hydrogen-bond acceptors (Lipinski definition) is 0. The Hall–Kier alpha value is -6.64. The van der Waals surface area contributed by atoms with Crippen LogP contribution in [0.4, 0.5) is 0 Å². The highest BCUT2D eigenvalue weighted by atomic mass is 15.0. The van der Waals surface area contributed by atoms with Crippen molar-refractivity contribution in [3.8, 4) is 44.8 Å². The summed E-state index contributed by atoms with van der Waals surface area (Å²) in [6.45, 7) is 0. The molecule has 10 aromatic rings. The molecule has 0 aliphatic rings. The molecule has 0 N–H and O–H groups in total. The van der Waals surface area contributed by atoms with Crippen molar-refractivity contribution in [1.29, 1.82) is 0 Å². The molecule has 0 aliphatic carbocycles. The molecule has 10 rings (SSSR count). The van der Waals surface area contributed by atoms with E-state index < -0.39 is 54.4 Å². The summed E-state index contributed by atoms with van der Waals surface area (Å²) in [6.07, 6.45) is 0. The molecule has 0 fully saturated rings. The Morgan fingerprint density at radius 3 is 1.60 bits per heavy atom. The first-order valence-corrected chi connectivity index (χ1v) is 16.1. The van der Waals surface area contributed by atoms with Crippen LogP contribution in [0.15, 0.2) is 194 Å². The second kappa shape index (κ2) is 11.5. The van der Waals surface area contributed by atoms with E-state index in [-0.39, 0.29) is 78.9 Å². The molecule has 0 unspecified atom stereocenters. The number of aromatic nitrogens is 2. The zero-order valence-corrected chi connectivity index (χ0v) is 26.4. The smallest absolute Gasteiger partial charge is 0.0652 e. The second-order valence-electron chi connectivity index (χ2n) is 12.0. The quantitative estimate of drug-likeness (QED) is 0.176. The van der Waals surface area contributed by atoms with E-state index in [4.69, 9.17) is 11.0 Å². The molecule has 2 aromatic heterocycles. The molecule has 0 aliphatic heterocycles. The molecule has 0 spiro atoms. The van der Waals surface area contributed by atoms with E-state index >= 15 is 0 Å². The van der Waals surface area contributed by atoms with Gasteiger partial charge in [-0.05, 0) is 87.9 Å². The summed E-state index contributed by atoms with van der Waals surface area (Å²) in [5.41, 5.74) is 3.97. The van der Waals surface area contributed by atoms with Gasteiger partial charge in [-0.25, -0.2) is 0 Å². The summed E-state index contributed by atoms with van der Waals surface area (Å²) < 4.78 is 122. The van der Waals surface area contributed by atoms with E-state index in [2.05, 4.69) is 0 Å². The van der Waals surface area contributed by atoms with Gasteiger partial charge in [0.1, 0.15) is 0 Å². The topological polar surface area (TPSA) is 9.86 Å². The van der Waals surface area contributed by atoms with Crippen molar-refractivity contribution in [2.24, 2.45) is 0 Å². The highest BCUT2D eigenvalue weighted by Crippen LogP contribution is 2.39. The van der Waals surface area contributed by atoms with Gasteiger partial charge in [0.2, 0.25) is 0 Å². The molecule has 2 nitrogen and oxygen atoms in total. The number of para-hydroxylation sites is 2. The fraction of sp³-hybridized carbons (Fsp3) is 0. The third-order valence-corrected chi connectivity index (χ3v) is 9.10. The van der Waals surface area contributed by atoms with Gasteiger partial charge in [0.15, 0.2) is 0 Å². The lowest BCUT2D eigenvalue weighted by atomic mass is 10.0. The lowest BCUT2D eigenvalue weighted by Crippen LogP contribution is -1.95. The minimum Gasteiger partial charge on any atom is -0.309 e. The Bertz CT molecular complexity index is 3580. The number of nitrogens with zero attached hydrogens (tertiary/aromatic N) is 2. The van der Waals surface area contributed by atoms with Crippen LogP contribution in [-0.4, -0.2) is 9.13 Å². The van der Waals surface area contributed by atoms with Gasteiger partial charge < -0.3 is 9.13 Å². The highest BCUT2D eigenvalue weighted by molar-refractivity contribution is 6.12. The van der Waals surface area contributed by atoms with Crippen LogP contribution in [0, 0.1) is 0 Å². The van der Waals surface area contributed by atoms with Gasteiger partial charge in [-0.15, -0.1) is 0 Å². The van der Waals surface area contributed by atoms with E-state index in [1.54, 1.807) is 28.8 Å². The van der Waals surface area contributed by atoms with E-state index in [0.29, 0.717) is 11.4 Å². The SMILES string of the molecule is [2H]c1cc2c3c([2H])c([2H])c([2H])c([2H])c3n(-c3cccc(-c4ccccc4)c3)c2c([2H])c1-c1c([2H])c([2H])c2c(c1[2H])c1c([2H])c([2H])c([2H])c([2H])c1n2-c1ccc(-c2ccccc2)cc1. The summed E-state index contributed by atoms with van der Waals surface area (Å²) in [7, 11) is 0. The predicted octanol–water partition coefficient (Wildman–Crippen LogP) is 12.9. The third kappa shape index (κ3) is 4.57. The Balaban J connectivity index is 1.32. The number of rotatable bonds is 5.